The molecule has 0 aromatic carbocycles. The van der Waals surface area contributed by atoms with E-state index in [4.69, 9.17) is 40.9 Å². The average molecular weight is 605 g/mol. The summed E-state index contributed by atoms with van der Waals surface area (Å²) in [5.41, 5.74) is 0. The molecule has 16 nitrogen and oxygen atoms in total. The monoisotopic (exact) mass is 604 g/mol. The van der Waals surface area contributed by atoms with Crippen molar-refractivity contribution < 1.29 is 79.2 Å². The predicted molar refractivity (Wildman–Crippen MR) is 140 cm³/mol. The summed E-state index contributed by atoms with van der Waals surface area (Å²) in [4.78, 5) is 77.8. The van der Waals surface area contributed by atoms with Crippen molar-refractivity contribution in [1.29, 1.82) is 0 Å². The molecule has 0 aromatic heterocycles. The number of rotatable bonds is 17. The Bertz CT molecular complexity index is 660. The zero-order valence-electron chi connectivity index (χ0n) is 20.9. The molecule has 40 heavy (non-hydrogen) atoms. The first-order chi connectivity index (χ1) is 17.5. The second kappa shape index (κ2) is 35.0. The fourth-order valence-corrected chi connectivity index (χ4v) is 2.22. The first-order valence-electron chi connectivity index (χ1n) is 11.2. The topological polar surface area (TPSA) is 298 Å². The molecule has 0 rings (SSSR count). The molecule has 0 aliphatic heterocycles. The molecule has 0 saturated carbocycles. The van der Waals surface area contributed by atoms with Gasteiger partial charge in [0.1, 0.15) is 19.3 Å². The van der Waals surface area contributed by atoms with Crippen LogP contribution in [0.5, 0.6) is 0 Å². The van der Waals surface area contributed by atoms with E-state index in [0.29, 0.717) is 6.42 Å². The maximum atomic E-state index is 10.6. The number of hydrogen-bond donors (Lipinski definition) is 8. The van der Waals surface area contributed by atoms with Gasteiger partial charge in [0.15, 0.2) is 5.92 Å². The summed E-state index contributed by atoms with van der Waals surface area (Å²) in [5.74, 6) is -11.5. The van der Waals surface area contributed by atoms with Crippen LogP contribution in [0.4, 0.5) is 0 Å². The average Bonchev–Trinajstić information content (AvgIpc) is 2.70. The van der Waals surface area contributed by atoms with Crippen LogP contribution in [-0.2, 0) is 38.4 Å². The molecule has 0 atom stereocenters. The van der Waals surface area contributed by atoms with Crippen LogP contribution >= 0.6 is 0 Å². The fraction of sp³-hybridized carbons (Fsp3) is 0.636. The SMILES string of the molecule is CCCCCCCCCCC(C(=O)O)C(=O)O.O=C(O)CC(=O)O.O=C(O)CC(=O)O.O=C(O)CC(=O)O.[KH].[LiH]. The molecule has 8 N–H and O–H groups in total. The Hall–Kier alpha value is -2.01. The van der Waals surface area contributed by atoms with E-state index < -0.39 is 72.9 Å². The van der Waals surface area contributed by atoms with Crippen molar-refractivity contribution in [2.24, 2.45) is 5.92 Å². The minimum atomic E-state index is -1.31. The van der Waals surface area contributed by atoms with Gasteiger partial charge in [-0.1, -0.05) is 58.3 Å². The van der Waals surface area contributed by atoms with Crippen LogP contribution in [0.2, 0.25) is 0 Å². The predicted octanol–water partition coefficient (Wildman–Crippen LogP) is 0.643. The van der Waals surface area contributed by atoms with Crippen molar-refractivity contribution in [1.82, 2.24) is 0 Å². The summed E-state index contributed by atoms with van der Waals surface area (Å²) < 4.78 is 0. The van der Waals surface area contributed by atoms with E-state index in [2.05, 4.69) is 6.92 Å². The third-order valence-corrected chi connectivity index (χ3v) is 3.85. The Labute approximate surface area is 284 Å². The van der Waals surface area contributed by atoms with Gasteiger partial charge < -0.3 is 40.9 Å². The van der Waals surface area contributed by atoms with Gasteiger partial charge >= 0.3 is 118 Å². The van der Waals surface area contributed by atoms with Crippen LogP contribution < -0.4 is 0 Å². The Balaban J connectivity index is -0.000000105. The number of hydrogen-bond acceptors (Lipinski definition) is 8. The van der Waals surface area contributed by atoms with Gasteiger partial charge in [-0.2, -0.15) is 0 Å². The standard InChI is InChI=1S/C13H24O4.3C3H4O4.K.Li.2H/c1-2-3-4-5-6-7-8-9-10-11(12(14)15)13(16)17;3*4-2(5)1-3(6)7;;;;/h11H,2-10H2,1H3,(H,14,15)(H,16,17);3*1H2,(H,4,5)(H,6,7);;;;. The molecule has 224 valence electrons. The normalized spacial score (nSPS) is 8.75. The van der Waals surface area contributed by atoms with Gasteiger partial charge in [-0.3, -0.25) is 38.4 Å². The summed E-state index contributed by atoms with van der Waals surface area (Å²) in [6.45, 7) is 2.18. The van der Waals surface area contributed by atoms with Crippen LogP contribution in [0, 0.1) is 5.92 Å². The maximum absolute atomic E-state index is 10.6. The van der Waals surface area contributed by atoms with Crippen LogP contribution in [0.15, 0.2) is 0 Å². The zero-order valence-corrected chi connectivity index (χ0v) is 20.9. The van der Waals surface area contributed by atoms with Crippen molar-refractivity contribution in [2.45, 2.75) is 84.0 Å². The van der Waals surface area contributed by atoms with Crippen molar-refractivity contribution in [3.8, 4) is 0 Å². The first kappa shape index (κ1) is 50.8. The molecule has 0 saturated heterocycles. The summed E-state index contributed by atoms with van der Waals surface area (Å²) in [6.07, 6.45) is 6.72. The van der Waals surface area contributed by atoms with Crippen LogP contribution in [-0.4, -0.2) is 159 Å². The van der Waals surface area contributed by atoms with Gasteiger partial charge in [0.25, 0.3) is 0 Å². The molecule has 0 unspecified atom stereocenters. The molecule has 0 radical (unpaired) electrons. The third-order valence-electron chi connectivity index (χ3n) is 3.85. The van der Waals surface area contributed by atoms with E-state index in [9.17, 15) is 38.4 Å². The van der Waals surface area contributed by atoms with Gasteiger partial charge in [0, 0.05) is 0 Å². The molecular weight excluding hydrogens is 566 g/mol. The number of unbranched alkanes of at least 4 members (excludes halogenated alkanes) is 7. The molecule has 0 aliphatic rings. The summed E-state index contributed by atoms with van der Waals surface area (Å²) >= 11 is 0. The van der Waals surface area contributed by atoms with E-state index in [1.54, 1.807) is 0 Å². The van der Waals surface area contributed by atoms with E-state index in [1.807, 2.05) is 0 Å². The van der Waals surface area contributed by atoms with E-state index in [0.717, 1.165) is 12.8 Å². The van der Waals surface area contributed by atoms with Crippen molar-refractivity contribution in [2.75, 3.05) is 0 Å². The summed E-state index contributed by atoms with van der Waals surface area (Å²) in [6, 6.07) is 0. The van der Waals surface area contributed by atoms with Gasteiger partial charge in [-0.05, 0) is 6.42 Å². The Kier molecular flexibility index (Phi) is 44.5. The number of carboxylic acids is 8. The first-order valence-corrected chi connectivity index (χ1v) is 11.2. The van der Waals surface area contributed by atoms with Crippen LogP contribution in [0.1, 0.15) is 84.0 Å². The van der Waals surface area contributed by atoms with Crippen molar-refractivity contribution in [3.63, 3.8) is 0 Å². The molecule has 0 spiro atoms. The van der Waals surface area contributed by atoms with Crippen molar-refractivity contribution in [3.05, 3.63) is 0 Å². The summed E-state index contributed by atoms with van der Waals surface area (Å²) in [7, 11) is 0. The minimum absolute atomic E-state index is 0. The second-order valence-electron chi connectivity index (χ2n) is 7.39. The van der Waals surface area contributed by atoms with Gasteiger partial charge in [-0.15, -0.1) is 0 Å². The van der Waals surface area contributed by atoms with Gasteiger partial charge in [-0.25, -0.2) is 0 Å². The molecule has 0 heterocycles. The number of carbonyl (C=O) groups is 8. The molecule has 18 heteroatoms. The Morgan fingerprint density at radius 3 is 0.850 bits per heavy atom. The Morgan fingerprint density at radius 2 is 0.675 bits per heavy atom. The molecule has 0 fully saturated rings. The molecular formula is C22H38KLiO16. The third kappa shape index (κ3) is 56.2. The van der Waals surface area contributed by atoms with E-state index in [-0.39, 0.29) is 76.7 Å². The summed E-state index contributed by atoms with van der Waals surface area (Å²) in [5, 5.41) is 63.5. The van der Waals surface area contributed by atoms with Crippen LogP contribution in [0.3, 0.4) is 0 Å². The number of carboxylic acid groups (broad SMARTS) is 8. The van der Waals surface area contributed by atoms with Gasteiger partial charge in [0.2, 0.25) is 0 Å². The Morgan fingerprint density at radius 1 is 0.450 bits per heavy atom. The fourth-order valence-electron chi connectivity index (χ4n) is 2.22. The molecule has 0 amide bonds. The molecule has 0 aliphatic carbocycles. The molecule has 0 bridgehead atoms. The second-order valence-corrected chi connectivity index (χ2v) is 7.39. The zero-order chi connectivity index (χ0) is 30.7. The molecule has 0 aromatic rings. The quantitative estimate of drug-likeness (QED) is 0.0641. The van der Waals surface area contributed by atoms with E-state index >= 15 is 0 Å². The van der Waals surface area contributed by atoms with Gasteiger partial charge in [0.05, 0.1) is 0 Å². The number of aliphatic carboxylic acids is 8. The van der Waals surface area contributed by atoms with Crippen molar-refractivity contribution >= 4 is 118 Å². The van der Waals surface area contributed by atoms with Crippen LogP contribution in [0.25, 0.3) is 0 Å². The van der Waals surface area contributed by atoms with E-state index in [1.165, 1.54) is 32.1 Å².